The quantitative estimate of drug-likeness (QED) is 0.522. The van der Waals surface area contributed by atoms with Crippen molar-refractivity contribution >= 4 is 12.2 Å². The van der Waals surface area contributed by atoms with Gasteiger partial charge in [-0.1, -0.05) is 12.1 Å². The van der Waals surface area contributed by atoms with Crippen LogP contribution in [0.15, 0.2) is 24.3 Å². The van der Waals surface area contributed by atoms with Crippen LogP contribution in [0.1, 0.15) is 5.56 Å². The number of hydrogen-bond donors (Lipinski definition) is 2. The number of carbonyl (C=O) groups is 1. The molecule has 0 aliphatic carbocycles. The molecule has 4 nitrogen and oxygen atoms in total. The number of benzene rings is 1. The molecule has 1 aromatic carbocycles. The van der Waals surface area contributed by atoms with Crippen LogP contribution in [0.4, 0.5) is 5.69 Å². The SMILES string of the molecule is O=COCc1ccc(NO)cc1. The third-order valence-electron chi connectivity index (χ3n) is 1.40. The third kappa shape index (κ3) is 2.25. The van der Waals surface area contributed by atoms with Crippen LogP contribution in [0.2, 0.25) is 0 Å². The van der Waals surface area contributed by atoms with Gasteiger partial charge in [0, 0.05) is 0 Å². The van der Waals surface area contributed by atoms with Crippen LogP contribution in [-0.2, 0) is 16.1 Å². The fraction of sp³-hybridized carbons (Fsp3) is 0.125. The van der Waals surface area contributed by atoms with Gasteiger partial charge in [0.25, 0.3) is 6.47 Å². The first-order valence-electron chi connectivity index (χ1n) is 3.41. The van der Waals surface area contributed by atoms with E-state index in [4.69, 9.17) is 5.21 Å². The number of hydrogen-bond acceptors (Lipinski definition) is 4. The van der Waals surface area contributed by atoms with Crippen molar-refractivity contribution in [2.45, 2.75) is 6.61 Å². The van der Waals surface area contributed by atoms with E-state index in [9.17, 15) is 4.79 Å². The van der Waals surface area contributed by atoms with Gasteiger partial charge in [0.2, 0.25) is 0 Å². The average molecular weight is 167 g/mol. The molecule has 0 fully saturated rings. The van der Waals surface area contributed by atoms with Gasteiger partial charge in [-0.05, 0) is 17.7 Å². The van der Waals surface area contributed by atoms with E-state index in [1.165, 1.54) is 0 Å². The zero-order chi connectivity index (χ0) is 8.81. The van der Waals surface area contributed by atoms with E-state index < -0.39 is 0 Å². The maximum Gasteiger partial charge on any atom is 0.293 e. The van der Waals surface area contributed by atoms with Gasteiger partial charge in [0.1, 0.15) is 6.61 Å². The predicted octanol–water partition coefficient (Wildman–Crippen LogP) is 1.16. The average Bonchev–Trinajstić information content (AvgIpc) is 2.15. The highest BCUT2D eigenvalue weighted by Gasteiger charge is 1.92. The van der Waals surface area contributed by atoms with E-state index in [0.29, 0.717) is 12.2 Å². The van der Waals surface area contributed by atoms with Gasteiger partial charge in [-0.2, -0.15) is 0 Å². The first kappa shape index (κ1) is 8.55. The molecular weight excluding hydrogens is 158 g/mol. The highest BCUT2D eigenvalue weighted by Crippen LogP contribution is 2.08. The van der Waals surface area contributed by atoms with Crippen LogP contribution >= 0.6 is 0 Å². The molecule has 1 rings (SSSR count). The molecule has 0 heterocycles. The number of ether oxygens (including phenoxy) is 1. The highest BCUT2D eigenvalue weighted by atomic mass is 16.5. The molecule has 12 heavy (non-hydrogen) atoms. The van der Waals surface area contributed by atoms with Crippen LogP contribution in [0.25, 0.3) is 0 Å². The molecule has 2 N–H and O–H groups in total. The normalized spacial score (nSPS) is 9.08. The van der Waals surface area contributed by atoms with Crippen LogP contribution in [0.5, 0.6) is 0 Å². The Kier molecular flexibility index (Phi) is 3.10. The van der Waals surface area contributed by atoms with Crippen molar-refractivity contribution in [1.82, 2.24) is 0 Å². The number of anilines is 1. The maximum atomic E-state index is 9.83. The second kappa shape index (κ2) is 4.35. The van der Waals surface area contributed by atoms with Gasteiger partial charge in [-0.15, -0.1) is 0 Å². The molecule has 0 spiro atoms. The lowest BCUT2D eigenvalue weighted by molar-refractivity contribution is -0.129. The molecule has 0 aliphatic rings. The van der Waals surface area contributed by atoms with Gasteiger partial charge in [-0.25, -0.2) is 0 Å². The molecule has 0 radical (unpaired) electrons. The van der Waals surface area contributed by atoms with Crippen molar-refractivity contribution in [2.75, 3.05) is 5.48 Å². The molecule has 0 atom stereocenters. The van der Waals surface area contributed by atoms with Crippen LogP contribution in [-0.4, -0.2) is 11.7 Å². The zero-order valence-corrected chi connectivity index (χ0v) is 6.36. The van der Waals surface area contributed by atoms with E-state index in [1.54, 1.807) is 24.3 Å². The van der Waals surface area contributed by atoms with Crippen molar-refractivity contribution in [3.05, 3.63) is 29.8 Å². The van der Waals surface area contributed by atoms with E-state index in [0.717, 1.165) is 5.56 Å². The fourth-order valence-corrected chi connectivity index (χ4v) is 0.806. The first-order chi connectivity index (χ1) is 5.86. The third-order valence-corrected chi connectivity index (χ3v) is 1.40. The summed E-state index contributed by atoms with van der Waals surface area (Å²) in [5.41, 5.74) is 3.48. The van der Waals surface area contributed by atoms with Crippen LogP contribution in [0.3, 0.4) is 0 Å². The van der Waals surface area contributed by atoms with Crippen molar-refractivity contribution in [3.63, 3.8) is 0 Å². The first-order valence-corrected chi connectivity index (χ1v) is 3.41. The summed E-state index contributed by atoms with van der Waals surface area (Å²) in [6.07, 6.45) is 0. The summed E-state index contributed by atoms with van der Waals surface area (Å²) >= 11 is 0. The van der Waals surface area contributed by atoms with Gasteiger partial charge in [0.15, 0.2) is 0 Å². The second-order valence-corrected chi connectivity index (χ2v) is 2.22. The molecule has 0 unspecified atom stereocenters. The molecule has 4 heteroatoms. The Balaban J connectivity index is 2.58. The zero-order valence-electron chi connectivity index (χ0n) is 6.36. The number of nitrogens with one attached hydrogen (secondary N) is 1. The van der Waals surface area contributed by atoms with Crippen molar-refractivity contribution in [3.8, 4) is 0 Å². The van der Waals surface area contributed by atoms with Crippen LogP contribution < -0.4 is 5.48 Å². The molecule has 0 amide bonds. The summed E-state index contributed by atoms with van der Waals surface area (Å²) in [6, 6.07) is 6.87. The predicted molar refractivity (Wildman–Crippen MR) is 42.7 cm³/mol. The summed E-state index contributed by atoms with van der Waals surface area (Å²) in [5.74, 6) is 0. The van der Waals surface area contributed by atoms with Crippen LogP contribution in [0, 0.1) is 0 Å². The second-order valence-electron chi connectivity index (χ2n) is 2.22. The smallest absolute Gasteiger partial charge is 0.293 e. The van der Waals surface area contributed by atoms with E-state index in [1.807, 2.05) is 5.48 Å². The number of carbonyl (C=O) groups excluding carboxylic acids is 1. The largest absolute Gasteiger partial charge is 0.463 e. The van der Waals surface area contributed by atoms with E-state index in [-0.39, 0.29) is 6.61 Å². The summed E-state index contributed by atoms with van der Waals surface area (Å²) in [5, 5.41) is 8.47. The monoisotopic (exact) mass is 167 g/mol. The summed E-state index contributed by atoms with van der Waals surface area (Å²) in [7, 11) is 0. The van der Waals surface area contributed by atoms with Crippen molar-refractivity contribution < 1.29 is 14.7 Å². The fourth-order valence-electron chi connectivity index (χ4n) is 0.806. The Labute approximate surface area is 69.7 Å². The maximum absolute atomic E-state index is 9.83. The lowest BCUT2D eigenvalue weighted by Crippen LogP contribution is -1.92. The Morgan fingerprint density at radius 2 is 2.08 bits per heavy atom. The molecule has 64 valence electrons. The minimum atomic E-state index is 0.259. The lowest BCUT2D eigenvalue weighted by Gasteiger charge is -2.00. The van der Waals surface area contributed by atoms with Gasteiger partial charge < -0.3 is 4.74 Å². The topological polar surface area (TPSA) is 58.6 Å². The standard InChI is InChI=1S/C8H9NO3/c10-6-12-5-7-1-3-8(9-11)4-2-7/h1-4,6,9,11H,5H2. The van der Waals surface area contributed by atoms with Crippen molar-refractivity contribution in [1.29, 1.82) is 0 Å². The molecular formula is C8H9NO3. The highest BCUT2D eigenvalue weighted by molar-refractivity contribution is 5.43. The summed E-state index contributed by atoms with van der Waals surface area (Å²) in [4.78, 5) is 9.83. The Morgan fingerprint density at radius 1 is 1.42 bits per heavy atom. The summed E-state index contributed by atoms with van der Waals surface area (Å²) < 4.78 is 4.53. The van der Waals surface area contributed by atoms with Crippen molar-refractivity contribution in [2.24, 2.45) is 0 Å². The Hall–Kier alpha value is -1.55. The van der Waals surface area contributed by atoms with Gasteiger partial charge in [0.05, 0.1) is 5.69 Å². The minimum absolute atomic E-state index is 0.259. The Morgan fingerprint density at radius 3 is 2.58 bits per heavy atom. The molecule has 0 saturated carbocycles. The molecule has 0 aromatic heterocycles. The molecule has 1 aromatic rings. The Bertz CT molecular complexity index is 245. The minimum Gasteiger partial charge on any atom is -0.463 e. The lowest BCUT2D eigenvalue weighted by atomic mass is 10.2. The van der Waals surface area contributed by atoms with E-state index >= 15 is 0 Å². The molecule has 0 bridgehead atoms. The van der Waals surface area contributed by atoms with E-state index in [2.05, 4.69) is 4.74 Å². The summed E-state index contributed by atoms with van der Waals surface area (Å²) in [6.45, 7) is 0.660. The molecule has 0 saturated heterocycles. The molecule has 0 aliphatic heterocycles. The van der Waals surface area contributed by atoms with Gasteiger partial charge in [-0.3, -0.25) is 15.5 Å². The number of rotatable bonds is 4. The van der Waals surface area contributed by atoms with Gasteiger partial charge >= 0.3 is 0 Å².